The van der Waals surface area contributed by atoms with E-state index < -0.39 is 21.9 Å². The fourth-order valence-corrected chi connectivity index (χ4v) is 7.21. The van der Waals surface area contributed by atoms with Gasteiger partial charge in [0.05, 0.1) is 0 Å². The lowest BCUT2D eigenvalue weighted by Crippen LogP contribution is -2.11. The molecule has 1 unspecified atom stereocenters. The van der Waals surface area contributed by atoms with Gasteiger partial charge in [-0.2, -0.15) is 9.20 Å². The van der Waals surface area contributed by atoms with Crippen LogP contribution in [0.15, 0.2) is 105 Å². The van der Waals surface area contributed by atoms with Crippen LogP contribution in [-0.2, 0) is 23.0 Å². The Labute approximate surface area is 347 Å². The van der Waals surface area contributed by atoms with Crippen molar-refractivity contribution in [2.45, 2.75) is 185 Å². The minimum absolute atomic E-state index is 0.0481. The van der Waals surface area contributed by atoms with Crippen LogP contribution in [0.3, 0.4) is 0 Å². The van der Waals surface area contributed by atoms with E-state index in [0.29, 0.717) is 0 Å². The fraction of sp³-hybridized carbons (Fsp3) is 0.609. The van der Waals surface area contributed by atoms with Gasteiger partial charge in [0.15, 0.2) is 6.29 Å². The van der Waals surface area contributed by atoms with Crippen molar-refractivity contribution in [3.63, 3.8) is 0 Å². The topological polar surface area (TPSA) is 143 Å². The van der Waals surface area contributed by atoms with E-state index in [1.165, 1.54) is 51.0 Å². The van der Waals surface area contributed by atoms with Crippen LogP contribution in [0.4, 0.5) is 0 Å². The molecule has 0 radical (unpaired) electrons. The number of rotatable bonds is 31. The molecule has 11 heteroatoms. The Bertz CT molecular complexity index is 1550. The monoisotopic (exact) mass is 837 g/mol. The Hall–Kier alpha value is -2.16. The second-order valence-corrected chi connectivity index (χ2v) is 18.6. The predicted octanol–water partition coefficient (Wildman–Crippen LogP) is 14.6. The van der Waals surface area contributed by atoms with Crippen LogP contribution in [0.25, 0.3) is 0 Å². The molecule has 0 aromatic rings. The Morgan fingerprint density at radius 2 is 0.684 bits per heavy atom. The van der Waals surface area contributed by atoms with Crippen molar-refractivity contribution < 1.29 is 42.8 Å². The summed E-state index contributed by atoms with van der Waals surface area (Å²) in [6, 6.07) is 0. The van der Waals surface area contributed by atoms with Crippen molar-refractivity contribution in [2.24, 2.45) is 0 Å². The normalized spacial score (nSPS) is 16.2. The van der Waals surface area contributed by atoms with Gasteiger partial charge in [0.1, 0.15) is 0 Å². The highest BCUT2D eigenvalue weighted by Gasteiger charge is 2.34. The lowest BCUT2D eigenvalue weighted by atomic mass is 10.0. The molecule has 9 nitrogen and oxygen atoms in total. The van der Waals surface area contributed by atoms with Gasteiger partial charge in [-0.25, -0.2) is 9.13 Å². The Morgan fingerprint density at radius 3 is 0.930 bits per heavy atom. The molecule has 0 spiro atoms. The van der Waals surface area contributed by atoms with Crippen LogP contribution >= 0.6 is 15.6 Å². The summed E-state index contributed by atoms with van der Waals surface area (Å²) in [5.74, 6) is 0. The lowest BCUT2D eigenvalue weighted by Gasteiger charge is -2.13. The number of hydrogen-bond donors (Lipinski definition) is 4. The smallest absolute Gasteiger partial charge is 0.365 e. The van der Waals surface area contributed by atoms with Gasteiger partial charge in [-0.05, 0) is 172 Å². The van der Waals surface area contributed by atoms with Gasteiger partial charge >= 0.3 is 15.6 Å². The van der Waals surface area contributed by atoms with E-state index in [1.54, 1.807) is 6.08 Å². The van der Waals surface area contributed by atoms with Crippen molar-refractivity contribution in [3.8, 4) is 0 Å². The molecule has 0 heterocycles. The highest BCUT2D eigenvalue weighted by molar-refractivity contribution is 7.60. The van der Waals surface area contributed by atoms with Crippen LogP contribution in [-0.4, -0.2) is 26.1 Å². The van der Waals surface area contributed by atoms with E-state index in [1.807, 2.05) is 6.92 Å². The summed E-state index contributed by atoms with van der Waals surface area (Å²) < 4.78 is 29.6. The molecule has 0 aliphatic carbocycles. The van der Waals surface area contributed by atoms with E-state index in [4.69, 9.17) is 14.7 Å². The maximum absolute atomic E-state index is 11.4. The molecule has 0 aromatic carbocycles. The molecular formula is C46H78O9P2. The van der Waals surface area contributed by atoms with E-state index in [-0.39, 0.29) is 6.42 Å². The van der Waals surface area contributed by atoms with E-state index >= 15 is 0 Å². The third-order valence-corrected chi connectivity index (χ3v) is 11.4. The molecule has 0 aliphatic rings. The van der Waals surface area contributed by atoms with E-state index in [0.717, 1.165) is 102 Å². The summed E-state index contributed by atoms with van der Waals surface area (Å²) in [7, 11) is -10.4. The van der Waals surface area contributed by atoms with Gasteiger partial charge in [0.2, 0.25) is 0 Å². The lowest BCUT2D eigenvalue weighted by molar-refractivity contribution is -0.313. The van der Waals surface area contributed by atoms with Crippen LogP contribution in [0, 0.1) is 0 Å². The van der Waals surface area contributed by atoms with Gasteiger partial charge in [0.25, 0.3) is 0 Å². The molecule has 0 fully saturated rings. The van der Waals surface area contributed by atoms with Gasteiger partial charge in [-0.15, -0.1) is 4.67 Å². The van der Waals surface area contributed by atoms with E-state index in [9.17, 15) is 14.2 Å². The standard InChI is InChI=1S/C46H78O9P2/c1-37(2)19-11-20-38(3)21-12-22-39(4)23-13-24-40(5)25-14-26-41(6)27-15-28-42(7)29-16-30-43(8)31-17-32-44(9)33-18-34-45(10)35-36-46(47)53-54-57(51,52)55-56(48,49)50/h19,21,23,25,27,29,31,33,35,46-47H,11-18,20,22,24,26,28,30,32,34,36H2,1-10H3,(H,51,52)(H2,48,49,50)/b38-21+,39-23+,40-25+,41-27+,42-29+,43-31+,44-33+,45-35+/t46-/m1/s1. The Morgan fingerprint density at radius 1 is 0.439 bits per heavy atom. The molecule has 0 rings (SSSR count). The SMILES string of the molecule is CC(C)=CCC/C(C)=C/CC/C(C)=C/CC/C(C)=C/CC/C(C)=C/CC/C(C)=C/CC/C(C)=C/CC/C(C)=C/CC/C(C)=C/C[C@H](O)OOP(=O)(O)OP(=O)(O)O. The average molecular weight is 837 g/mol. The average Bonchev–Trinajstić information content (AvgIpc) is 3.08. The molecule has 0 amide bonds. The molecule has 0 bridgehead atoms. The third kappa shape index (κ3) is 36.6. The van der Waals surface area contributed by atoms with Crippen molar-refractivity contribution >= 4 is 15.6 Å². The zero-order valence-corrected chi connectivity index (χ0v) is 38.8. The largest absolute Gasteiger partial charge is 0.508 e. The second kappa shape index (κ2) is 31.7. The zero-order chi connectivity index (χ0) is 43.3. The molecular weight excluding hydrogens is 758 g/mol. The first kappa shape index (κ1) is 54.8. The van der Waals surface area contributed by atoms with Crippen molar-refractivity contribution in [2.75, 3.05) is 0 Å². The molecule has 326 valence electrons. The third-order valence-electron chi connectivity index (χ3n) is 9.44. The minimum atomic E-state index is -5.26. The molecule has 0 aliphatic heterocycles. The summed E-state index contributed by atoms with van der Waals surface area (Å²) >= 11 is 0. The number of hydrogen-bond acceptors (Lipinski definition) is 6. The summed E-state index contributed by atoms with van der Waals surface area (Å²) in [6.45, 7) is 21.9. The molecule has 57 heavy (non-hydrogen) atoms. The van der Waals surface area contributed by atoms with Crippen molar-refractivity contribution in [1.82, 2.24) is 0 Å². The van der Waals surface area contributed by atoms with Gasteiger partial charge in [-0.3, -0.25) is 0 Å². The van der Waals surface area contributed by atoms with Crippen LogP contribution in [0.5, 0.6) is 0 Å². The summed E-state index contributed by atoms with van der Waals surface area (Å²) in [4.78, 5) is 30.6. The minimum Gasteiger partial charge on any atom is -0.365 e. The van der Waals surface area contributed by atoms with Crippen LogP contribution < -0.4 is 0 Å². The van der Waals surface area contributed by atoms with Crippen LogP contribution in [0.1, 0.15) is 178 Å². The Kier molecular flexibility index (Phi) is 30.5. The predicted molar refractivity (Wildman–Crippen MR) is 239 cm³/mol. The zero-order valence-electron chi connectivity index (χ0n) is 37.0. The number of allylic oxidation sites excluding steroid dienone is 17. The number of phosphoric acid groups is 2. The van der Waals surface area contributed by atoms with Gasteiger partial charge in [-0.1, -0.05) is 105 Å². The quantitative estimate of drug-likeness (QED) is 0.0176. The van der Waals surface area contributed by atoms with Crippen molar-refractivity contribution in [3.05, 3.63) is 105 Å². The summed E-state index contributed by atoms with van der Waals surface area (Å²) in [5, 5.41) is 9.75. The first-order valence-corrected chi connectivity index (χ1v) is 23.7. The maximum Gasteiger partial charge on any atom is 0.508 e. The summed E-state index contributed by atoms with van der Waals surface area (Å²) in [5.41, 5.74) is 12.5. The highest BCUT2D eigenvalue weighted by Crippen LogP contribution is 2.57. The van der Waals surface area contributed by atoms with E-state index in [2.05, 4.69) is 125 Å². The molecule has 0 saturated heterocycles. The Balaban J connectivity index is 4.31. The molecule has 2 atom stereocenters. The number of aliphatic hydroxyl groups is 1. The summed E-state index contributed by atoms with van der Waals surface area (Å²) in [6.07, 6.45) is 36.0. The second-order valence-electron chi connectivity index (χ2n) is 15.9. The number of aliphatic hydroxyl groups excluding tert-OH is 1. The van der Waals surface area contributed by atoms with Crippen LogP contribution in [0.2, 0.25) is 0 Å². The van der Waals surface area contributed by atoms with Gasteiger partial charge < -0.3 is 19.8 Å². The molecule has 0 aromatic heterocycles. The maximum atomic E-state index is 11.4. The fourth-order valence-electron chi connectivity index (χ4n) is 5.82. The first-order valence-electron chi connectivity index (χ1n) is 20.7. The highest BCUT2D eigenvalue weighted by atomic mass is 31.3. The first-order chi connectivity index (χ1) is 26.7. The molecule has 4 N–H and O–H groups in total. The van der Waals surface area contributed by atoms with Crippen molar-refractivity contribution in [1.29, 1.82) is 0 Å². The van der Waals surface area contributed by atoms with Gasteiger partial charge in [0, 0.05) is 6.42 Å². The molecule has 0 saturated carbocycles.